The van der Waals surface area contributed by atoms with Crippen molar-refractivity contribution < 1.29 is 18.7 Å². The number of carbonyl (C=O) groups excluding carboxylic acids is 2. The normalized spacial score (nSPS) is 12.6. The lowest BCUT2D eigenvalue weighted by Gasteiger charge is -2.24. The number of nitrogens with one attached hydrogen (secondary N) is 1. The number of halogens is 2. The van der Waals surface area contributed by atoms with Gasteiger partial charge in [-0.1, -0.05) is 19.9 Å². The molecule has 2 amide bonds. The van der Waals surface area contributed by atoms with E-state index >= 15 is 0 Å². The molecule has 0 fully saturated rings. The molecule has 29 heavy (non-hydrogen) atoms. The molecular weight excluding hydrogens is 439 g/mol. The van der Waals surface area contributed by atoms with Crippen LogP contribution >= 0.6 is 15.9 Å². The molecule has 0 aliphatic carbocycles. The van der Waals surface area contributed by atoms with Gasteiger partial charge in [-0.3, -0.25) is 9.69 Å². The Morgan fingerprint density at radius 3 is 2.34 bits per heavy atom. The second-order valence-electron chi connectivity index (χ2n) is 7.40. The Bertz CT molecular complexity index is 909. The lowest BCUT2D eigenvalue weighted by Crippen LogP contribution is -2.33. The first kappa shape index (κ1) is 22.9. The molecule has 1 N–H and O–H groups in total. The summed E-state index contributed by atoms with van der Waals surface area (Å²) in [5, 5.41) is 2.76. The predicted octanol–water partition coefficient (Wildman–Crippen LogP) is 6.12. The molecule has 3 rings (SSSR count). The van der Waals surface area contributed by atoms with E-state index in [1.54, 1.807) is 17.0 Å². The minimum Gasteiger partial charge on any atom is -0.444 e. The fraction of sp³-hybridized carbons (Fsp3) is 0.364. The average molecular weight is 465 g/mol. The Hall–Kier alpha value is -2.41. The van der Waals surface area contributed by atoms with Gasteiger partial charge in [0, 0.05) is 24.3 Å². The average Bonchev–Trinajstić information content (AvgIpc) is 3.08. The molecule has 0 unspecified atom stereocenters. The molecule has 0 saturated carbocycles. The summed E-state index contributed by atoms with van der Waals surface area (Å²) >= 11 is 3.07. The van der Waals surface area contributed by atoms with Gasteiger partial charge >= 0.3 is 6.09 Å². The molecule has 2 aromatic rings. The van der Waals surface area contributed by atoms with Crippen molar-refractivity contribution in [1.29, 1.82) is 0 Å². The van der Waals surface area contributed by atoms with Gasteiger partial charge < -0.3 is 10.1 Å². The molecule has 1 aliphatic rings. The zero-order valence-electron chi connectivity index (χ0n) is 17.3. The lowest BCUT2D eigenvalue weighted by atomic mass is 10.1. The zero-order valence-corrected chi connectivity index (χ0v) is 18.9. The Morgan fingerprint density at radius 1 is 1.07 bits per heavy atom. The first-order chi connectivity index (χ1) is 13.6. The summed E-state index contributed by atoms with van der Waals surface area (Å²) < 4.78 is 19.3. The number of anilines is 1. The highest BCUT2D eigenvalue weighted by Crippen LogP contribution is 2.27. The first-order valence-corrected chi connectivity index (χ1v) is 10.3. The maximum Gasteiger partial charge on any atom is 0.410 e. The molecule has 2 aromatic carbocycles. The summed E-state index contributed by atoms with van der Waals surface area (Å²) in [6.07, 6.45) is -0.366. The van der Waals surface area contributed by atoms with Gasteiger partial charge in [0.25, 0.3) is 5.91 Å². The van der Waals surface area contributed by atoms with Gasteiger partial charge in [0.05, 0.1) is 4.47 Å². The summed E-state index contributed by atoms with van der Waals surface area (Å²) in [4.78, 5) is 26.2. The summed E-state index contributed by atoms with van der Waals surface area (Å²) in [5.74, 6) is -0.895. The number of hydrogen-bond acceptors (Lipinski definition) is 3. The minimum atomic E-state index is -0.551. The third-order valence-electron chi connectivity index (χ3n) is 4.02. The van der Waals surface area contributed by atoms with Crippen LogP contribution in [0.2, 0.25) is 0 Å². The number of amides is 2. The molecule has 7 heteroatoms. The van der Waals surface area contributed by atoms with Crippen LogP contribution < -0.4 is 5.32 Å². The van der Waals surface area contributed by atoms with Crippen molar-refractivity contribution in [2.45, 2.75) is 53.3 Å². The Labute approximate surface area is 179 Å². The van der Waals surface area contributed by atoms with Crippen LogP contribution in [0.5, 0.6) is 0 Å². The van der Waals surface area contributed by atoms with E-state index in [-0.39, 0.29) is 11.7 Å². The van der Waals surface area contributed by atoms with Gasteiger partial charge in [0.15, 0.2) is 0 Å². The number of rotatable bonds is 2. The third-order valence-corrected chi connectivity index (χ3v) is 4.66. The van der Waals surface area contributed by atoms with Crippen molar-refractivity contribution in [3.8, 4) is 0 Å². The van der Waals surface area contributed by atoms with Crippen molar-refractivity contribution >= 4 is 33.6 Å². The van der Waals surface area contributed by atoms with Crippen molar-refractivity contribution in [2.24, 2.45) is 0 Å². The molecule has 1 heterocycles. The van der Waals surface area contributed by atoms with Crippen LogP contribution in [-0.4, -0.2) is 22.5 Å². The van der Waals surface area contributed by atoms with Gasteiger partial charge in [-0.25, -0.2) is 9.18 Å². The number of nitrogens with zero attached hydrogens (tertiary/aromatic N) is 1. The van der Waals surface area contributed by atoms with E-state index in [1.165, 1.54) is 12.1 Å². The van der Waals surface area contributed by atoms with E-state index in [2.05, 4.69) is 21.2 Å². The van der Waals surface area contributed by atoms with Gasteiger partial charge in [0.2, 0.25) is 0 Å². The second kappa shape index (κ2) is 9.39. The quantitative estimate of drug-likeness (QED) is 0.582. The summed E-state index contributed by atoms with van der Waals surface area (Å²) in [6, 6.07) is 9.68. The second-order valence-corrected chi connectivity index (χ2v) is 8.26. The predicted molar refractivity (Wildman–Crippen MR) is 115 cm³/mol. The van der Waals surface area contributed by atoms with E-state index in [0.717, 1.165) is 11.1 Å². The Balaban J connectivity index is 0.00000145. The highest BCUT2D eigenvalue weighted by atomic mass is 79.9. The van der Waals surface area contributed by atoms with Gasteiger partial charge in [-0.2, -0.15) is 0 Å². The van der Waals surface area contributed by atoms with Crippen molar-refractivity contribution in [1.82, 2.24) is 4.90 Å². The van der Waals surface area contributed by atoms with Crippen LogP contribution in [0.25, 0.3) is 0 Å². The van der Waals surface area contributed by atoms with E-state index in [1.807, 2.05) is 46.8 Å². The lowest BCUT2D eigenvalue weighted by molar-refractivity contribution is 0.0241. The number of carbonyl (C=O) groups is 2. The molecule has 0 saturated heterocycles. The molecule has 0 radical (unpaired) electrons. The fourth-order valence-electron chi connectivity index (χ4n) is 2.77. The number of benzene rings is 2. The topological polar surface area (TPSA) is 58.6 Å². The molecule has 0 atom stereocenters. The summed E-state index contributed by atoms with van der Waals surface area (Å²) in [7, 11) is 0. The van der Waals surface area contributed by atoms with E-state index in [0.29, 0.717) is 23.2 Å². The molecular formula is C22H26BrFN2O3. The number of ether oxygens (including phenoxy) is 1. The monoisotopic (exact) mass is 464 g/mol. The van der Waals surface area contributed by atoms with Crippen LogP contribution in [0, 0.1) is 5.82 Å². The SMILES string of the molecule is CC.CC(C)(C)OC(=O)N1Cc2ccc(NC(=O)c3ccc(Br)c(F)c3)cc2C1. The molecule has 0 aromatic heterocycles. The van der Waals surface area contributed by atoms with Crippen molar-refractivity contribution in [3.05, 3.63) is 63.4 Å². The minimum absolute atomic E-state index is 0.228. The smallest absolute Gasteiger partial charge is 0.410 e. The molecule has 5 nitrogen and oxygen atoms in total. The molecule has 0 spiro atoms. The third kappa shape index (κ3) is 6.03. The van der Waals surface area contributed by atoms with Crippen molar-refractivity contribution in [2.75, 3.05) is 5.32 Å². The fourth-order valence-corrected chi connectivity index (χ4v) is 3.02. The van der Waals surface area contributed by atoms with E-state index in [4.69, 9.17) is 4.74 Å². The largest absolute Gasteiger partial charge is 0.444 e. The van der Waals surface area contributed by atoms with Crippen LogP contribution in [-0.2, 0) is 17.8 Å². The van der Waals surface area contributed by atoms with E-state index in [9.17, 15) is 14.0 Å². The molecule has 1 aliphatic heterocycles. The Kier molecular flexibility index (Phi) is 7.41. The molecule has 0 bridgehead atoms. The van der Waals surface area contributed by atoms with Crippen LogP contribution in [0.4, 0.5) is 14.9 Å². The zero-order chi connectivity index (χ0) is 21.8. The first-order valence-electron chi connectivity index (χ1n) is 9.48. The van der Waals surface area contributed by atoms with Crippen LogP contribution in [0.3, 0.4) is 0 Å². The van der Waals surface area contributed by atoms with Gasteiger partial charge in [-0.15, -0.1) is 0 Å². The maximum atomic E-state index is 13.6. The van der Waals surface area contributed by atoms with Gasteiger partial charge in [0.1, 0.15) is 11.4 Å². The van der Waals surface area contributed by atoms with Crippen LogP contribution in [0.1, 0.15) is 56.1 Å². The summed E-state index contributed by atoms with van der Waals surface area (Å²) in [5.41, 5.74) is 2.22. The highest BCUT2D eigenvalue weighted by molar-refractivity contribution is 9.10. The standard InChI is InChI=1S/C20H20BrFN2O3.C2H6/c1-20(2,3)27-19(26)24-10-13-4-6-15(8-14(13)11-24)23-18(25)12-5-7-16(21)17(22)9-12;1-2/h4-9H,10-11H2,1-3H3,(H,23,25);1-2H3. The number of fused-ring (bicyclic) bond motifs is 1. The Morgan fingerprint density at radius 2 is 1.72 bits per heavy atom. The van der Waals surface area contributed by atoms with Gasteiger partial charge in [-0.05, 0) is 78.2 Å². The molecule has 156 valence electrons. The van der Waals surface area contributed by atoms with Crippen molar-refractivity contribution in [3.63, 3.8) is 0 Å². The van der Waals surface area contributed by atoms with E-state index < -0.39 is 17.3 Å². The summed E-state index contributed by atoms with van der Waals surface area (Å²) in [6.45, 7) is 10.4. The number of hydrogen-bond donors (Lipinski definition) is 1. The van der Waals surface area contributed by atoms with Crippen LogP contribution in [0.15, 0.2) is 40.9 Å². The highest BCUT2D eigenvalue weighted by Gasteiger charge is 2.28. The maximum absolute atomic E-state index is 13.6.